The average Bonchev–Trinajstić information content (AvgIpc) is 2.97. The van der Waals surface area contributed by atoms with Crippen LogP contribution in [0.4, 0.5) is 0 Å². The van der Waals surface area contributed by atoms with Crippen molar-refractivity contribution in [2.24, 2.45) is 11.8 Å². The number of carboxylic acid groups (broad SMARTS) is 1. The summed E-state index contributed by atoms with van der Waals surface area (Å²) in [5, 5.41) is 8.53. The van der Waals surface area contributed by atoms with Gasteiger partial charge in [0, 0.05) is 6.08 Å². The highest BCUT2D eigenvalue weighted by Gasteiger charge is 2.25. The van der Waals surface area contributed by atoms with Gasteiger partial charge in [0.15, 0.2) is 0 Å². The molecule has 134 valence electrons. The smallest absolute Gasteiger partial charge is 0.327 e. The Hall–Kier alpha value is -0.790. The number of carboxylic acids is 1. The van der Waals surface area contributed by atoms with Crippen LogP contribution in [0, 0.1) is 11.8 Å². The molecule has 0 aliphatic heterocycles. The van der Waals surface area contributed by atoms with Gasteiger partial charge in [-0.25, -0.2) is 4.79 Å². The first-order valence-electron chi connectivity index (χ1n) is 10.1. The molecule has 1 rings (SSSR count). The fourth-order valence-corrected chi connectivity index (χ4v) is 4.09. The normalized spacial score (nSPS) is 21.3. The molecule has 0 heterocycles. The highest BCUT2D eigenvalue weighted by molar-refractivity contribution is 5.79. The highest BCUT2D eigenvalue weighted by Crippen LogP contribution is 2.38. The summed E-state index contributed by atoms with van der Waals surface area (Å²) in [6, 6.07) is 0. The third kappa shape index (κ3) is 10.6. The summed E-state index contributed by atoms with van der Waals surface area (Å²) in [6.07, 6.45) is 23.5. The van der Waals surface area contributed by atoms with Crippen molar-refractivity contribution in [3.05, 3.63) is 12.2 Å². The molecule has 0 saturated heterocycles. The summed E-state index contributed by atoms with van der Waals surface area (Å²) in [7, 11) is 0. The Morgan fingerprint density at radius 3 is 2.09 bits per heavy atom. The molecule has 0 aromatic carbocycles. The van der Waals surface area contributed by atoms with Gasteiger partial charge < -0.3 is 5.11 Å². The Balaban J connectivity index is 2.01. The minimum Gasteiger partial charge on any atom is -0.478 e. The molecule has 2 atom stereocenters. The van der Waals surface area contributed by atoms with E-state index in [1.165, 1.54) is 89.5 Å². The van der Waals surface area contributed by atoms with Gasteiger partial charge in [0.25, 0.3) is 0 Å². The fourth-order valence-electron chi connectivity index (χ4n) is 4.09. The van der Waals surface area contributed by atoms with Crippen LogP contribution in [0.25, 0.3) is 0 Å². The molecule has 1 saturated carbocycles. The summed E-state index contributed by atoms with van der Waals surface area (Å²) in [5.41, 5.74) is 0. The van der Waals surface area contributed by atoms with Crippen LogP contribution in [-0.4, -0.2) is 11.1 Å². The van der Waals surface area contributed by atoms with E-state index in [0.717, 1.165) is 24.7 Å². The van der Waals surface area contributed by atoms with Gasteiger partial charge in [-0.15, -0.1) is 0 Å². The number of hydrogen-bond acceptors (Lipinski definition) is 1. The molecular weight excluding hydrogens is 284 g/mol. The van der Waals surface area contributed by atoms with Crippen molar-refractivity contribution in [2.75, 3.05) is 0 Å². The zero-order chi connectivity index (χ0) is 16.8. The van der Waals surface area contributed by atoms with Crippen LogP contribution in [0.15, 0.2) is 12.2 Å². The third-order valence-electron chi connectivity index (χ3n) is 5.45. The number of hydrogen-bond donors (Lipinski definition) is 1. The van der Waals surface area contributed by atoms with Crippen molar-refractivity contribution in [2.45, 2.75) is 103 Å². The number of unbranched alkanes of at least 4 members (excludes halogenated alkanes) is 8. The topological polar surface area (TPSA) is 37.3 Å². The maximum Gasteiger partial charge on any atom is 0.327 e. The minimum atomic E-state index is -0.825. The lowest BCUT2D eigenvalue weighted by Crippen LogP contribution is -2.08. The molecule has 1 N–H and O–H groups in total. The molecule has 0 aromatic rings. The minimum absolute atomic E-state index is 0.825. The van der Waals surface area contributed by atoms with E-state index in [2.05, 4.69) is 6.92 Å². The van der Waals surface area contributed by atoms with Gasteiger partial charge in [-0.1, -0.05) is 96.5 Å². The zero-order valence-electron chi connectivity index (χ0n) is 15.3. The van der Waals surface area contributed by atoms with Gasteiger partial charge in [-0.3, -0.25) is 0 Å². The lowest BCUT2D eigenvalue weighted by molar-refractivity contribution is -0.131. The number of carbonyl (C=O) groups is 1. The Bertz CT molecular complexity index is 322. The third-order valence-corrected chi connectivity index (χ3v) is 5.45. The molecule has 0 unspecified atom stereocenters. The van der Waals surface area contributed by atoms with Crippen LogP contribution in [-0.2, 0) is 4.79 Å². The Labute approximate surface area is 143 Å². The molecule has 1 aliphatic carbocycles. The van der Waals surface area contributed by atoms with Gasteiger partial charge in [0.05, 0.1) is 0 Å². The second-order valence-corrected chi connectivity index (χ2v) is 7.39. The molecule has 23 heavy (non-hydrogen) atoms. The van der Waals surface area contributed by atoms with Crippen LogP contribution in [0.1, 0.15) is 103 Å². The largest absolute Gasteiger partial charge is 0.478 e. The van der Waals surface area contributed by atoms with Gasteiger partial charge in [-0.05, 0) is 24.7 Å². The van der Waals surface area contributed by atoms with E-state index in [1.807, 2.05) is 0 Å². The van der Waals surface area contributed by atoms with E-state index < -0.39 is 5.97 Å². The van der Waals surface area contributed by atoms with E-state index in [1.54, 1.807) is 6.08 Å². The summed E-state index contributed by atoms with van der Waals surface area (Å²) < 4.78 is 0. The van der Waals surface area contributed by atoms with E-state index in [9.17, 15) is 4.79 Å². The summed E-state index contributed by atoms with van der Waals surface area (Å²) in [4.78, 5) is 10.4. The zero-order valence-corrected chi connectivity index (χ0v) is 15.3. The van der Waals surface area contributed by atoms with Crippen molar-refractivity contribution in [3.8, 4) is 0 Å². The summed E-state index contributed by atoms with van der Waals surface area (Å²) >= 11 is 0. The molecule has 2 heteroatoms. The van der Waals surface area contributed by atoms with Crippen molar-refractivity contribution in [1.82, 2.24) is 0 Å². The molecule has 2 nitrogen and oxygen atoms in total. The number of allylic oxidation sites excluding steroid dienone is 1. The van der Waals surface area contributed by atoms with Crippen molar-refractivity contribution < 1.29 is 9.90 Å². The van der Waals surface area contributed by atoms with Crippen LogP contribution < -0.4 is 0 Å². The van der Waals surface area contributed by atoms with Gasteiger partial charge in [-0.2, -0.15) is 0 Å². The van der Waals surface area contributed by atoms with Gasteiger partial charge >= 0.3 is 5.97 Å². The van der Waals surface area contributed by atoms with E-state index in [-0.39, 0.29) is 0 Å². The lowest BCUT2D eigenvalue weighted by Gasteiger charge is -2.19. The monoisotopic (exact) mass is 322 g/mol. The molecular formula is C21H38O2. The molecule has 0 radical (unpaired) electrons. The predicted octanol–water partition coefficient (Wildman–Crippen LogP) is 6.74. The standard InChI is InChI=1S/C21H38O2/c1-2-3-4-5-7-10-14-19-16-13-17-20(19)15-11-8-6-9-12-18-21(22)23/h12,18-20H,2-11,13-17H2,1H3,(H,22,23)/b18-12+/t19-,20-/m0/s1. The van der Waals surface area contributed by atoms with Crippen LogP contribution in [0.5, 0.6) is 0 Å². The predicted molar refractivity (Wildman–Crippen MR) is 98.7 cm³/mol. The molecule has 1 fully saturated rings. The van der Waals surface area contributed by atoms with Crippen molar-refractivity contribution in [1.29, 1.82) is 0 Å². The fraction of sp³-hybridized carbons (Fsp3) is 0.857. The van der Waals surface area contributed by atoms with E-state index >= 15 is 0 Å². The second kappa shape index (κ2) is 13.6. The maximum absolute atomic E-state index is 10.4. The molecule has 0 bridgehead atoms. The highest BCUT2D eigenvalue weighted by atomic mass is 16.4. The first-order valence-corrected chi connectivity index (χ1v) is 10.1. The van der Waals surface area contributed by atoms with Crippen molar-refractivity contribution in [3.63, 3.8) is 0 Å². The molecule has 1 aliphatic rings. The Morgan fingerprint density at radius 2 is 1.48 bits per heavy atom. The van der Waals surface area contributed by atoms with Crippen molar-refractivity contribution >= 4 is 5.97 Å². The maximum atomic E-state index is 10.4. The van der Waals surface area contributed by atoms with Gasteiger partial charge in [0.1, 0.15) is 0 Å². The first-order chi connectivity index (χ1) is 11.2. The number of rotatable bonds is 14. The molecule has 0 spiro atoms. The number of aliphatic carboxylic acids is 1. The second-order valence-electron chi connectivity index (χ2n) is 7.39. The molecule has 0 amide bonds. The first kappa shape index (κ1) is 20.3. The molecule has 0 aromatic heterocycles. The quantitative estimate of drug-likeness (QED) is 0.284. The van der Waals surface area contributed by atoms with Crippen LogP contribution in [0.3, 0.4) is 0 Å². The Kier molecular flexibility index (Phi) is 12.0. The Morgan fingerprint density at radius 1 is 0.913 bits per heavy atom. The van der Waals surface area contributed by atoms with Crippen LogP contribution in [0.2, 0.25) is 0 Å². The van der Waals surface area contributed by atoms with Gasteiger partial charge in [0.2, 0.25) is 0 Å². The van der Waals surface area contributed by atoms with Crippen LogP contribution >= 0.6 is 0 Å². The van der Waals surface area contributed by atoms with E-state index in [4.69, 9.17) is 5.11 Å². The lowest BCUT2D eigenvalue weighted by atomic mass is 9.87. The van der Waals surface area contributed by atoms with E-state index in [0.29, 0.717) is 0 Å². The summed E-state index contributed by atoms with van der Waals surface area (Å²) in [6.45, 7) is 2.28. The SMILES string of the molecule is CCCCCCCC[C@H]1CCC[C@@H]1CCCCC/C=C/C(=O)O. The average molecular weight is 323 g/mol. The summed E-state index contributed by atoms with van der Waals surface area (Å²) in [5.74, 6) is 1.17.